The first-order valence-corrected chi connectivity index (χ1v) is 26.3. The SMILES string of the molecule is Cc1ccc(C)c(OCC(O)CCC(C)(C)C)c1.Cc1ccc(Cl)c(OCC(O)CCC(C)(C)CO)c1.Cc1ccc(Cl)c(OCC(O)CCC(C)C)c1.Cc1ccc(F)c(OCC(O)CCC(C)(C)C)c1. The maximum Gasteiger partial charge on any atom is 0.165 e. The summed E-state index contributed by atoms with van der Waals surface area (Å²) in [5, 5.41) is 49.6. The molecule has 9 nitrogen and oxygen atoms in total. The summed E-state index contributed by atoms with van der Waals surface area (Å²) in [6.45, 7) is 32.2. The molecule has 4 aromatic rings. The number of hydrogen-bond acceptors (Lipinski definition) is 9. The first-order valence-electron chi connectivity index (χ1n) is 25.6. The summed E-state index contributed by atoms with van der Waals surface area (Å²) < 4.78 is 35.5. The van der Waals surface area contributed by atoms with E-state index in [0.717, 1.165) is 66.5 Å². The second-order valence-corrected chi connectivity index (χ2v) is 23.8. The van der Waals surface area contributed by atoms with Crippen molar-refractivity contribution < 1.29 is 48.9 Å². The Bertz CT molecular complexity index is 2040. The highest BCUT2D eigenvalue weighted by Gasteiger charge is 2.20. The van der Waals surface area contributed by atoms with Crippen LogP contribution in [0.3, 0.4) is 0 Å². The molecule has 0 fully saturated rings. The Morgan fingerprint density at radius 1 is 0.458 bits per heavy atom. The molecule has 0 spiro atoms. The standard InChI is InChI=1S/C16H26O2.C15H23ClO3.C15H23FO2.C14H21ClO2/c1-12-6-7-13(2)15(10-12)18-11-14(17)8-9-16(3,4)5;1-11-4-5-13(16)14(8-11)19-9-12(18)6-7-15(2,3)10-17;1-11-5-6-13(16)14(9-11)18-10-12(17)7-8-15(2,3)4;1-10(2)4-6-12(16)9-17-14-8-11(3)5-7-13(14)15/h6-7,10,14,17H,8-9,11H2,1-5H3;4-5,8,12,17-18H,6-7,9-10H2,1-3H3;5-6,9,12,17H,7-8,10H2,1-4H3;5,7-8,10,12,16H,4,6,9H2,1-3H3. The number of benzene rings is 4. The highest BCUT2D eigenvalue weighted by atomic mass is 35.5. The quantitative estimate of drug-likeness (QED) is 0.0492. The Kier molecular flexibility index (Phi) is 30.7. The number of aliphatic hydroxyl groups excluding tert-OH is 5. The van der Waals surface area contributed by atoms with Crippen molar-refractivity contribution in [3.05, 3.63) is 116 Å². The van der Waals surface area contributed by atoms with E-state index in [2.05, 4.69) is 61.5 Å². The van der Waals surface area contributed by atoms with Gasteiger partial charge in [0.15, 0.2) is 11.6 Å². The van der Waals surface area contributed by atoms with E-state index in [1.165, 1.54) is 11.6 Å². The van der Waals surface area contributed by atoms with Gasteiger partial charge in [-0.25, -0.2) is 4.39 Å². The van der Waals surface area contributed by atoms with Crippen LogP contribution < -0.4 is 18.9 Å². The summed E-state index contributed by atoms with van der Waals surface area (Å²) in [7, 11) is 0. The lowest BCUT2D eigenvalue weighted by atomic mass is 9.88. The first-order chi connectivity index (χ1) is 33.4. The van der Waals surface area contributed by atoms with E-state index in [-0.39, 0.29) is 53.7 Å². The minimum atomic E-state index is -0.553. The van der Waals surface area contributed by atoms with Crippen LogP contribution in [0.5, 0.6) is 23.0 Å². The molecule has 0 heterocycles. The third-order valence-corrected chi connectivity index (χ3v) is 12.1. The second kappa shape index (κ2) is 33.3. The van der Waals surface area contributed by atoms with Crippen molar-refractivity contribution in [2.75, 3.05) is 33.0 Å². The summed E-state index contributed by atoms with van der Waals surface area (Å²) in [6, 6.07) is 22.0. The maximum atomic E-state index is 13.4. The fourth-order valence-corrected chi connectivity index (χ4v) is 6.81. The molecule has 12 heteroatoms. The van der Waals surface area contributed by atoms with Crippen molar-refractivity contribution in [2.45, 2.75) is 180 Å². The van der Waals surface area contributed by atoms with Gasteiger partial charge in [0.25, 0.3) is 0 Å². The molecular formula is C60H93Cl2FO9. The van der Waals surface area contributed by atoms with E-state index in [4.69, 9.17) is 47.3 Å². The molecule has 5 N–H and O–H groups in total. The molecule has 4 atom stereocenters. The highest BCUT2D eigenvalue weighted by molar-refractivity contribution is 6.32. The zero-order valence-corrected chi connectivity index (χ0v) is 48.0. The number of hydrogen-bond donors (Lipinski definition) is 5. The minimum Gasteiger partial charge on any atom is -0.491 e. The fraction of sp³-hybridized carbons (Fsp3) is 0.600. The zero-order chi connectivity index (χ0) is 54.8. The van der Waals surface area contributed by atoms with Crippen LogP contribution in [0.15, 0.2) is 72.8 Å². The molecule has 408 valence electrons. The molecule has 4 aromatic carbocycles. The smallest absolute Gasteiger partial charge is 0.165 e. The van der Waals surface area contributed by atoms with Crippen LogP contribution in [0.4, 0.5) is 4.39 Å². The van der Waals surface area contributed by atoms with Crippen molar-refractivity contribution >= 4 is 23.2 Å². The molecule has 0 amide bonds. The van der Waals surface area contributed by atoms with Gasteiger partial charge in [0.1, 0.15) is 43.7 Å². The third-order valence-electron chi connectivity index (χ3n) is 11.4. The molecule has 0 radical (unpaired) electrons. The number of ether oxygens (including phenoxy) is 4. The van der Waals surface area contributed by atoms with E-state index in [1.54, 1.807) is 18.2 Å². The number of rotatable bonds is 23. The predicted molar refractivity (Wildman–Crippen MR) is 297 cm³/mol. The van der Waals surface area contributed by atoms with Crippen LogP contribution in [0.2, 0.25) is 10.0 Å². The van der Waals surface area contributed by atoms with Gasteiger partial charge in [-0.05, 0) is 178 Å². The largest absolute Gasteiger partial charge is 0.491 e. The van der Waals surface area contributed by atoms with Gasteiger partial charge in [0.05, 0.1) is 34.5 Å². The second-order valence-electron chi connectivity index (χ2n) is 23.0. The van der Waals surface area contributed by atoms with Crippen LogP contribution in [-0.2, 0) is 0 Å². The number of aliphatic hydroxyl groups is 5. The lowest BCUT2D eigenvalue weighted by molar-refractivity contribution is 0.0738. The normalized spacial score (nSPS) is 13.3. The van der Waals surface area contributed by atoms with Gasteiger partial charge >= 0.3 is 0 Å². The number of aryl methyl sites for hydroxylation is 5. The van der Waals surface area contributed by atoms with Gasteiger partial charge in [-0.15, -0.1) is 0 Å². The van der Waals surface area contributed by atoms with E-state index >= 15 is 0 Å². The zero-order valence-electron chi connectivity index (χ0n) is 46.5. The molecule has 0 saturated heterocycles. The molecule has 0 aliphatic heterocycles. The molecule has 4 unspecified atom stereocenters. The number of halogens is 3. The Morgan fingerprint density at radius 3 is 1.19 bits per heavy atom. The van der Waals surface area contributed by atoms with Gasteiger partial charge in [0, 0.05) is 6.61 Å². The molecule has 0 aliphatic carbocycles. The summed E-state index contributed by atoms with van der Waals surface area (Å²) in [5.41, 5.74) is 5.69. The summed E-state index contributed by atoms with van der Waals surface area (Å²) in [6.07, 6.45) is 4.56. The first kappa shape index (κ1) is 66.4. The van der Waals surface area contributed by atoms with E-state index in [0.29, 0.717) is 53.5 Å². The van der Waals surface area contributed by atoms with Crippen LogP contribution in [0, 0.1) is 62.6 Å². The van der Waals surface area contributed by atoms with Crippen LogP contribution in [0.25, 0.3) is 0 Å². The van der Waals surface area contributed by atoms with Crippen molar-refractivity contribution in [1.82, 2.24) is 0 Å². The average Bonchev–Trinajstić information content (AvgIpc) is 3.30. The van der Waals surface area contributed by atoms with Gasteiger partial charge in [-0.3, -0.25) is 0 Å². The molecule has 0 saturated carbocycles. The fourth-order valence-electron chi connectivity index (χ4n) is 6.46. The van der Waals surface area contributed by atoms with Gasteiger partial charge in [0.2, 0.25) is 0 Å². The molecule has 4 rings (SSSR count). The van der Waals surface area contributed by atoms with E-state index in [1.807, 2.05) is 90.9 Å². The minimum absolute atomic E-state index is 0.115. The Morgan fingerprint density at radius 2 is 0.792 bits per heavy atom. The van der Waals surface area contributed by atoms with Crippen LogP contribution >= 0.6 is 23.2 Å². The Labute approximate surface area is 444 Å². The van der Waals surface area contributed by atoms with Crippen LogP contribution in [-0.4, -0.2) is 83.0 Å². The predicted octanol–water partition coefficient (Wildman–Crippen LogP) is 14.6. The van der Waals surface area contributed by atoms with Crippen molar-refractivity contribution in [3.8, 4) is 23.0 Å². The van der Waals surface area contributed by atoms with Gasteiger partial charge in [-0.1, -0.05) is 123 Å². The molecular weight excluding hydrogens is 955 g/mol. The summed E-state index contributed by atoms with van der Waals surface area (Å²) in [4.78, 5) is 0. The average molecular weight is 1050 g/mol. The van der Waals surface area contributed by atoms with Crippen molar-refractivity contribution in [3.63, 3.8) is 0 Å². The summed E-state index contributed by atoms with van der Waals surface area (Å²) >= 11 is 12.0. The Hall–Kier alpha value is -3.61. The third kappa shape index (κ3) is 31.9. The van der Waals surface area contributed by atoms with Crippen molar-refractivity contribution in [2.24, 2.45) is 22.2 Å². The molecule has 0 bridgehead atoms. The topological polar surface area (TPSA) is 138 Å². The lowest BCUT2D eigenvalue weighted by Gasteiger charge is -2.23. The molecule has 72 heavy (non-hydrogen) atoms. The van der Waals surface area contributed by atoms with E-state index < -0.39 is 18.3 Å². The van der Waals surface area contributed by atoms with E-state index in [9.17, 15) is 24.8 Å². The molecule has 0 aromatic heterocycles. The van der Waals surface area contributed by atoms with Gasteiger partial charge < -0.3 is 44.5 Å². The highest BCUT2D eigenvalue weighted by Crippen LogP contribution is 2.29. The summed E-state index contributed by atoms with van der Waals surface area (Å²) in [5.74, 6) is 2.56. The maximum absolute atomic E-state index is 13.4. The Balaban J connectivity index is 0.000000480. The molecule has 0 aliphatic rings. The van der Waals surface area contributed by atoms with Crippen LogP contribution in [0.1, 0.15) is 148 Å². The van der Waals surface area contributed by atoms with Gasteiger partial charge in [-0.2, -0.15) is 0 Å². The van der Waals surface area contributed by atoms with Crippen molar-refractivity contribution in [1.29, 1.82) is 0 Å². The monoisotopic (exact) mass is 1050 g/mol. The lowest BCUT2D eigenvalue weighted by Crippen LogP contribution is -2.23.